The topological polar surface area (TPSA) is 37.3 Å². The molecule has 0 aromatic heterocycles. The first-order chi connectivity index (χ1) is 6.27. The van der Waals surface area contributed by atoms with Crippen LogP contribution >= 0.6 is 0 Å². The lowest BCUT2D eigenvalue weighted by Crippen LogP contribution is -1.89. The van der Waals surface area contributed by atoms with E-state index in [1.54, 1.807) is 6.08 Å². The molecule has 0 aromatic carbocycles. The monoisotopic (exact) mass is 184 g/mol. The summed E-state index contributed by atoms with van der Waals surface area (Å²) in [4.78, 5) is 10.1. The van der Waals surface area contributed by atoms with Gasteiger partial charge in [-0.25, -0.2) is 0 Å². The highest BCUT2D eigenvalue weighted by Gasteiger charge is 1.89. The second-order valence-corrected chi connectivity index (χ2v) is 3.27. The van der Waals surface area contributed by atoms with Crippen LogP contribution in [0.3, 0.4) is 0 Å². The van der Waals surface area contributed by atoms with E-state index >= 15 is 0 Å². The molecule has 0 fully saturated rings. The maximum Gasteiger partial charge on any atom is 0.307 e. The van der Waals surface area contributed by atoms with Crippen LogP contribution in [-0.2, 0) is 4.79 Å². The molecule has 0 saturated carbocycles. The summed E-state index contributed by atoms with van der Waals surface area (Å²) in [6, 6.07) is 0. The molecule has 0 rings (SSSR count). The third kappa shape index (κ3) is 11.2. The molecule has 0 aliphatic rings. The summed E-state index contributed by atoms with van der Waals surface area (Å²) in [5.41, 5.74) is 0. The van der Waals surface area contributed by atoms with Crippen molar-refractivity contribution in [2.24, 2.45) is 0 Å². The van der Waals surface area contributed by atoms with E-state index in [9.17, 15) is 4.79 Å². The van der Waals surface area contributed by atoms with Crippen LogP contribution in [0.5, 0.6) is 0 Å². The fourth-order valence-electron chi connectivity index (χ4n) is 1.17. The van der Waals surface area contributed by atoms with E-state index in [1.165, 1.54) is 32.1 Å². The van der Waals surface area contributed by atoms with Crippen molar-refractivity contribution in [1.29, 1.82) is 0 Å². The molecule has 0 heterocycles. The maximum absolute atomic E-state index is 10.1. The quantitative estimate of drug-likeness (QED) is 0.464. The molecule has 0 bridgehead atoms. The van der Waals surface area contributed by atoms with Crippen molar-refractivity contribution in [3.8, 4) is 0 Å². The normalized spacial score (nSPS) is 10.8. The largest absolute Gasteiger partial charge is 0.481 e. The van der Waals surface area contributed by atoms with Crippen molar-refractivity contribution in [1.82, 2.24) is 0 Å². The zero-order valence-electron chi connectivity index (χ0n) is 8.46. The molecule has 0 saturated heterocycles. The first kappa shape index (κ1) is 12.2. The van der Waals surface area contributed by atoms with Crippen LogP contribution in [0.4, 0.5) is 0 Å². The predicted molar refractivity (Wildman–Crippen MR) is 54.8 cm³/mol. The van der Waals surface area contributed by atoms with Gasteiger partial charge in [-0.1, -0.05) is 44.8 Å². The Balaban J connectivity index is 3.06. The number of rotatable bonds is 8. The number of unbranched alkanes of at least 4 members (excludes halogenated alkanes) is 5. The lowest BCUT2D eigenvalue weighted by molar-refractivity contribution is -0.136. The number of hydrogen-bond acceptors (Lipinski definition) is 1. The van der Waals surface area contributed by atoms with E-state index in [4.69, 9.17) is 5.11 Å². The Labute approximate surface area is 80.7 Å². The van der Waals surface area contributed by atoms with Crippen molar-refractivity contribution < 1.29 is 9.90 Å². The minimum atomic E-state index is -0.748. The van der Waals surface area contributed by atoms with Crippen LogP contribution in [0.25, 0.3) is 0 Å². The predicted octanol–water partition coefficient (Wildman–Crippen LogP) is 3.38. The summed E-state index contributed by atoms with van der Waals surface area (Å²) >= 11 is 0. The van der Waals surface area contributed by atoms with E-state index < -0.39 is 5.97 Å². The SMILES string of the molecule is CCCCCCC/C=C\CC(=O)O. The van der Waals surface area contributed by atoms with Crippen molar-refractivity contribution in [3.05, 3.63) is 12.2 Å². The van der Waals surface area contributed by atoms with E-state index in [1.807, 2.05) is 6.08 Å². The van der Waals surface area contributed by atoms with Gasteiger partial charge in [0.2, 0.25) is 0 Å². The third-order valence-corrected chi connectivity index (χ3v) is 1.93. The van der Waals surface area contributed by atoms with Gasteiger partial charge in [-0.3, -0.25) is 4.79 Å². The Kier molecular flexibility index (Phi) is 8.73. The van der Waals surface area contributed by atoms with Gasteiger partial charge < -0.3 is 5.11 Å². The fourth-order valence-corrected chi connectivity index (χ4v) is 1.17. The number of allylic oxidation sites excluding steroid dienone is 1. The van der Waals surface area contributed by atoms with E-state index in [-0.39, 0.29) is 6.42 Å². The van der Waals surface area contributed by atoms with Gasteiger partial charge in [-0.05, 0) is 12.8 Å². The van der Waals surface area contributed by atoms with Gasteiger partial charge in [0.05, 0.1) is 6.42 Å². The third-order valence-electron chi connectivity index (χ3n) is 1.93. The molecule has 2 nitrogen and oxygen atoms in total. The number of carbonyl (C=O) groups is 1. The van der Waals surface area contributed by atoms with Gasteiger partial charge in [0.25, 0.3) is 0 Å². The second-order valence-electron chi connectivity index (χ2n) is 3.27. The number of carboxylic acids is 1. The zero-order valence-corrected chi connectivity index (χ0v) is 8.46. The summed E-state index contributed by atoms with van der Waals surface area (Å²) < 4.78 is 0. The number of aliphatic carboxylic acids is 1. The first-order valence-electron chi connectivity index (χ1n) is 5.14. The molecule has 13 heavy (non-hydrogen) atoms. The van der Waals surface area contributed by atoms with Crippen LogP contribution < -0.4 is 0 Å². The summed E-state index contributed by atoms with van der Waals surface area (Å²) in [6.45, 7) is 2.20. The van der Waals surface area contributed by atoms with Crippen molar-refractivity contribution in [2.75, 3.05) is 0 Å². The molecule has 0 unspecified atom stereocenters. The van der Waals surface area contributed by atoms with Gasteiger partial charge in [0.15, 0.2) is 0 Å². The Morgan fingerprint density at radius 3 is 2.46 bits per heavy atom. The molecule has 0 spiro atoms. The average molecular weight is 184 g/mol. The smallest absolute Gasteiger partial charge is 0.307 e. The summed E-state index contributed by atoms with van der Waals surface area (Å²) in [7, 11) is 0. The molecule has 0 amide bonds. The Morgan fingerprint density at radius 1 is 1.15 bits per heavy atom. The van der Waals surface area contributed by atoms with Crippen LogP contribution in [0.1, 0.15) is 51.9 Å². The number of hydrogen-bond donors (Lipinski definition) is 1. The molecule has 0 aliphatic carbocycles. The average Bonchev–Trinajstić information content (AvgIpc) is 2.09. The molecule has 2 heteroatoms. The lowest BCUT2D eigenvalue weighted by atomic mass is 10.1. The highest BCUT2D eigenvalue weighted by atomic mass is 16.4. The molecule has 76 valence electrons. The minimum absolute atomic E-state index is 0.162. The summed E-state index contributed by atoms with van der Waals surface area (Å²) in [6.07, 6.45) is 11.3. The van der Waals surface area contributed by atoms with Crippen molar-refractivity contribution >= 4 is 5.97 Å². The molecule has 0 atom stereocenters. The van der Waals surface area contributed by atoms with E-state index in [0.29, 0.717) is 0 Å². The molecule has 0 aliphatic heterocycles. The first-order valence-corrected chi connectivity index (χ1v) is 5.14. The van der Waals surface area contributed by atoms with Gasteiger partial charge in [-0.15, -0.1) is 0 Å². The number of carboxylic acid groups (broad SMARTS) is 1. The van der Waals surface area contributed by atoms with Crippen molar-refractivity contribution in [3.63, 3.8) is 0 Å². The fraction of sp³-hybridized carbons (Fsp3) is 0.727. The standard InChI is InChI=1S/C11H20O2/c1-2-3-4-5-6-7-8-9-10-11(12)13/h8-9H,2-7,10H2,1H3,(H,12,13)/b9-8-. The molecule has 0 radical (unpaired) electrons. The highest BCUT2D eigenvalue weighted by molar-refractivity contribution is 5.68. The minimum Gasteiger partial charge on any atom is -0.481 e. The van der Waals surface area contributed by atoms with Gasteiger partial charge >= 0.3 is 5.97 Å². The zero-order chi connectivity index (χ0) is 9.94. The molecule has 0 aromatic rings. The van der Waals surface area contributed by atoms with Gasteiger partial charge in [-0.2, -0.15) is 0 Å². The molecule has 1 N–H and O–H groups in total. The lowest BCUT2D eigenvalue weighted by Gasteiger charge is -1.95. The Bertz CT molecular complexity index is 150. The maximum atomic E-state index is 10.1. The highest BCUT2D eigenvalue weighted by Crippen LogP contribution is 2.05. The molecular weight excluding hydrogens is 164 g/mol. The van der Waals surface area contributed by atoms with E-state index in [2.05, 4.69) is 6.92 Å². The van der Waals surface area contributed by atoms with E-state index in [0.717, 1.165) is 6.42 Å². The summed E-state index contributed by atoms with van der Waals surface area (Å²) in [5.74, 6) is -0.748. The Hall–Kier alpha value is -0.790. The van der Waals surface area contributed by atoms with Gasteiger partial charge in [0.1, 0.15) is 0 Å². The van der Waals surface area contributed by atoms with Crippen LogP contribution in [-0.4, -0.2) is 11.1 Å². The van der Waals surface area contributed by atoms with Crippen LogP contribution in [0.15, 0.2) is 12.2 Å². The van der Waals surface area contributed by atoms with Gasteiger partial charge in [0, 0.05) is 0 Å². The summed E-state index contributed by atoms with van der Waals surface area (Å²) in [5, 5.41) is 8.33. The van der Waals surface area contributed by atoms with Crippen LogP contribution in [0.2, 0.25) is 0 Å². The second kappa shape index (κ2) is 9.30. The molecular formula is C11H20O2. The van der Waals surface area contributed by atoms with Crippen molar-refractivity contribution in [2.45, 2.75) is 51.9 Å². The Morgan fingerprint density at radius 2 is 1.85 bits per heavy atom. The van der Waals surface area contributed by atoms with Crippen LogP contribution in [0, 0.1) is 0 Å².